The van der Waals surface area contributed by atoms with Crippen LogP contribution in [0.15, 0.2) is 33.7 Å². The van der Waals surface area contributed by atoms with Crippen molar-refractivity contribution in [1.82, 2.24) is 14.9 Å². The van der Waals surface area contributed by atoms with E-state index in [0.717, 1.165) is 5.69 Å². The van der Waals surface area contributed by atoms with Crippen LogP contribution in [-0.4, -0.2) is 25.6 Å². The van der Waals surface area contributed by atoms with Crippen molar-refractivity contribution in [1.29, 1.82) is 0 Å². The lowest BCUT2D eigenvalue weighted by atomic mass is 10.3. The molecule has 0 saturated carbocycles. The molecular weight excluding hydrogens is 268 g/mol. The largest absolute Gasteiger partial charge is 0.376 e. The van der Waals surface area contributed by atoms with Crippen LogP contribution < -0.4 is 10.0 Å². The maximum Gasteiger partial charge on any atom is 0.245 e. The SMILES string of the molecule is CNS(=O)(=O)c1ccc(NCc2nc(C)no2)cc1. The number of rotatable bonds is 5. The predicted octanol–water partition coefficient (Wildman–Crippen LogP) is 0.898. The molecule has 0 aliphatic heterocycles. The molecule has 0 atom stereocenters. The number of nitrogens with zero attached hydrogens (tertiary/aromatic N) is 2. The minimum atomic E-state index is -3.40. The molecule has 0 amide bonds. The Morgan fingerprint density at radius 1 is 1.26 bits per heavy atom. The van der Waals surface area contributed by atoms with E-state index in [-0.39, 0.29) is 4.90 Å². The van der Waals surface area contributed by atoms with Crippen LogP contribution >= 0.6 is 0 Å². The smallest absolute Gasteiger partial charge is 0.245 e. The van der Waals surface area contributed by atoms with Crippen LogP contribution in [0.3, 0.4) is 0 Å². The van der Waals surface area contributed by atoms with Gasteiger partial charge in [0.25, 0.3) is 0 Å². The third-order valence-corrected chi connectivity index (χ3v) is 3.88. The lowest BCUT2D eigenvalue weighted by Crippen LogP contribution is -2.18. The average Bonchev–Trinajstić information content (AvgIpc) is 2.83. The van der Waals surface area contributed by atoms with Gasteiger partial charge in [0.1, 0.15) is 0 Å². The summed E-state index contributed by atoms with van der Waals surface area (Å²) in [5.74, 6) is 1.05. The normalized spacial score (nSPS) is 11.5. The monoisotopic (exact) mass is 282 g/mol. The van der Waals surface area contributed by atoms with E-state index in [1.165, 1.54) is 19.2 Å². The van der Waals surface area contributed by atoms with E-state index >= 15 is 0 Å². The lowest BCUT2D eigenvalue weighted by Gasteiger charge is -2.05. The van der Waals surface area contributed by atoms with Gasteiger partial charge in [-0.25, -0.2) is 13.1 Å². The highest BCUT2D eigenvalue weighted by Crippen LogP contribution is 2.14. The summed E-state index contributed by atoms with van der Waals surface area (Å²) < 4.78 is 30.3. The van der Waals surface area contributed by atoms with Gasteiger partial charge in [0.15, 0.2) is 5.82 Å². The molecule has 2 aromatic rings. The topological polar surface area (TPSA) is 97.1 Å². The first-order chi connectivity index (χ1) is 9.01. The molecule has 0 spiro atoms. The van der Waals surface area contributed by atoms with Gasteiger partial charge in [0, 0.05) is 5.69 Å². The number of aromatic nitrogens is 2. The number of hydrogen-bond acceptors (Lipinski definition) is 6. The summed E-state index contributed by atoms with van der Waals surface area (Å²) in [6.45, 7) is 2.13. The molecule has 2 N–H and O–H groups in total. The third kappa shape index (κ3) is 3.30. The quantitative estimate of drug-likeness (QED) is 0.845. The Hall–Kier alpha value is -1.93. The van der Waals surface area contributed by atoms with Crippen LogP contribution in [0.1, 0.15) is 11.7 Å². The maximum atomic E-state index is 11.5. The van der Waals surface area contributed by atoms with Crippen molar-refractivity contribution in [3.05, 3.63) is 36.0 Å². The summed E-state index contributed by atoms with van der Waals surface area (Å²) >= 11 is 0. The van der Waals surface area contributed by atoms with E-state index in [0.29, 0.717) is 18.3 Å². The molecule has 102 valence electrons. The fourth-order valence-electron chi connectivity index (χ4n) is 1.46. The van der Waals surface area contributed by atoms with Gasteiger partial charge in [-0.15, -0.1) is 0 Å². The molecule has 0 bridgehead atoms. The number of sulfonamides is 1. The average molecular weight is 282 g/mol. The van der Waals surface area contributed by atoms with Crippen molar-refractivity contribution in [2.75, 3.05) is 12.4 Å². The Balaban J connectivity index is 2.03. The molecule has 0 saturated heterocycles. The summed E-state index contributed by atoms with van der Waals surface area (Å²) in [4.78, 5) is 4.27. The molecule has 2 rings (SSSR count). The first-order valence-electron chi connectivity index (χ1n) is 5.58. The van der Waals surface area contributed by atoms with Crippen LogP contribution in [0.4, 0.5) is 5.69 Å². The van der Waals surface area contributed by atoms with E-state index in [4.69, 9.17) is 4.52 Å². The van der Waals surface area contributed by atoms with Crippen molar-refractivity contribution >= 4 is 15.7 Å². The van der Waals surface area contributed by atoms with E-state index < -0.39 is 10.0 Å². The molecule has 8 heteroatoms. The van der Waals surface area contributed by atoms with Gasteiger partial charge >= 0.3 is 0 Å². The Labute approximate surface area is 111 Å². The highest BCUT2D eigenvalue weighted by Gasteiger charge is 2.10. The predicted molar refractivity (Wildman–Crippen MR) is 69.0 cm³/mol. The van der Waals surface area contributed by atoms with Gasteiger partial charge in [-0.3, -0.25) is 0 Å². The van der Waals surface area contributed by atoms with Crippen LogP contribution in [0.2, 0.25) is 0 Å². The van der Waals surface area contributed by atoms with Crippen molar-refractivity contribution in [2.24, 2.45) is 0 Å². The summed E-state index contributed by atoms with van der Waals surface area (Å²) in [6.07, 6.45) is 0. The highest BCUT2D eigenvalue weighted by molar-refractivity contribution is 7.89. The van der Waals surface area contributed by atoms with Crippen molar-refractivity contribution in [3.8, 4) is 0 Å². The molecule has 0 radical (unpaired) electrons. The van der Waals surface area contributed by atoms with Crippen LogP contribution in [0.5, 0.6) is 0 Å². The molecule has 0 unspecified atom stereocenters. The molecule has 0 aliphatic carbocycles. The first-order valence-corrected chi connectivity index (χ1v) is 7.06. The molecule has 0 aliphatic rings. The fourth-order valence-corrected chi connectivity index (χ4v) is 2.19. The molecule has 0 fully saturated rings. The molecule has 1 aromatic carbocycles. The molecule has 7 nitrogen and oxygen atoms in total. The number of anilines is 1. The van der Waals surface area contributed by atoms with E-state index in [9.17, 15) is 8.42 Å². The molecule has 1 aromatic heterocycles. The Bertz CT molecular complexity index is 649. The number of hydrogen-bond donors (Lipinski definition) is 2. The second-order valence-electron chi connectivity index (χ2n) is 3.82. The zero-order chi connectivity index (χ0) is 13.9. The summed E-state index contributed by atoms with van der Waals surface area (Å²) in [5, 5.41) is 6.73. The molecule has 19 heavy (non-hydrogen) atoms. The van der Waals surface area contributed by atoms with E-state index in [1.807, 2.05) is 0 Å². The summed E-state index contributed by atoms with van der Waals surface area (Å²) in [5.41, 5.74) is 0.769. The Morgan fingerprint density at radius 3 is 2.47 bits per heavy atom. The van der Waals surface area contributed by atoms with Crippen molar-refractivity contribution < 1.29 is 12.9 Å². The van der Waals surface area contributed by atoms with Gasteiger partial charge in [0.2, 0.25) is 15.9 Å². The fraction of sp³-hybridized carbons (Fsp3) is 0.273. The van der Waals surface area contributed by atoms with Crippen molar-refractivity contribution in [2.45, 2.75) is 18.4 Å². The minimum Gasteiger partial charge on any atom is -0.376 e. The zero-order valence-corrected chi connectivity index (χ0v) is 11.4. The summed E-state index contributed by atoms with van der Waals surface area (Å²) in [6, 6.07) is 6.39. The summed E-state index contributed by atoms with van der Waals surface area (Å²) in [7, 11) is -2.02. The zero-order valence-electron chi connectivity index (χ0n) is 10.5. The van der Waals surface area contributed by atoms with E-state index in [2.05, 4.69) is 20.2 Å². The van der Waals surface area contributed by atoms with E-state index in [1.54, 1.807) is 19.1 Å². The van der Waals surface area contributed by atoms with Gasteiger partial charge < -0.3 is 9.84 Å². The third-order valence-electron chi connectivity index (χ3n) is 2.45. The van der Waals surface area contributed by atoms with Gasteiger partial charge in [-0.1, -0.05) is 5.16 Å². The van der Waals surface area contributed by atoms with Crippen LogP contribution in [-0.2, 0) is 16.6 Å². The lowest BCUT2D eigenvalue weighted by molar-refractivity contribution is 0.379. The number of aryl methyl sites for hydroxylation is 1. The van der Waals surface area contributed by atoms with Crippen molar-refractivity contribution in [3.63, 3.8) is 0 Å². The Kier molecular flexibility index (Phi) is 3.82. The number of benzene rings is 1. The first kappa shape index (κ1) is 13.5. The molecular formula is C11H14N4O3S. The van der Waals surface area contributed by atoms with Crippen LogP contribution in [0, 0.1) is 6.92 Å². The van der Waals surface area contributed by atoms with Gasteiger partial charge in [0.05, 0.1) is 11.4 Å². The second-order valence-corrected chi connectivity index (χ2v) is 5.71. The molecule has 1 heterocycles. The van der Waals surface area contributed by atoms with Gasteiger partial charge in [-0.05, 0) is 38.2 Å². The number of nitrogens with one attached hydrogen (secondary N) is 2. The minimum absolute atomic E-state index is 0.217. The standard InChI is InChI=1S/C11H14N4O3S/c1-8-14-11(18-15-8)7-13-9-3-5-10(6-4-9)19(16,17)12-2/h3-6,12-13H,7H2,1-2H3. The maximum absolute atomic E-state index is 11.5. The highest BCUT2D eigenvalue weighted by atomic mass is 32.2. The van der Waals surface area contributed by atoms with Crippen LogP contribution in [0.25, 0.3) is 0 Å². The Morgan fingerprint density at radius 2 is 1.95 bits per heavy atom. The van der Waals surface area contributed by atoms with Gasteiger partial charge in [-0.2, -0.15) is 4.98 Å². The second kappa shape index (κ2) is 5.37.